The Morgan fingerprint density at radius 3 is 2.59 bits per heavy atom. The zero-order valence-electron chi connectivity index (χ0n) is 12.3. The van der Waals surface area contributed by atoms with Crippen molar-refractivity contribution in [3.05, 3.63) is 53.6 Å². The lowest BCUT2D eigenvalue weighted by Crippen LogP contribution is -2.32. The zero-order valence-corrected chi connectivity index (χ0v) is 12.3. The molecule has 0 unspecified atom stereocenters. The van der Waals surface area contributed by atoms with Crippen molar-refractivity contribution >= 4 is 11.5 Å². The van der Waals surface area contributed by atoms with Crippen LogP contribution in [0.2, 0.25) is 0 Å². The second-order valence-corrected chi connectivity index (χ2v) is 5.82. The lowest BCUT2D eigenvalue weighted by molar-refractivity contribution is -0.121. The molecule has 2 aliphatic rings. The van der Waals surface area contributed by atoms with Gasteiger partial charge in [0.15, 0.2) is 11.5 Å². The van der Waals surface area contributed by atoms with E-state index in [1.807, 2.05) is 30.3 Å². The van der Waals surface area contributed by atoms with E-state index in [-0.39, 0.29) is 24.5 Å². The normalized spacial score (nSPS) is 21.9. The predicted molar refractivity (Wildman–Crippen MR) is 83.2 cm³/mol. The van der Waals surface area contributed by atoms with E-state index >= 15 is 0 Å². The average molecular weight is 295 g/mol. The molecular formula is C18H17NO3. The molecule has 0 amide bonds. The topological polar surface area (TPSA) is 47.6 Å². The fourth-order valence-corrected chi connectivity index (χ4v) is 3.26. The monoisotopic (exact) mass is 295 g/mol. The summed E-state index contributed by atoms with van der Waals surface area (Å²) >= 11 is 0. The number of anilines is 1. The SMILES string of the molecule is CC(=O)[C@H]1Cc2cc3c(cc2N[C@H]1c1ccccc1)OCO3. The molecule has 2 atom stereocenters. The number of ketones is 1. The van der Waals surface area contributed by atoms with Crippen LogP contribution in [0.1, 0.15) is 24.1 Å². The van der Waals surface area contributed by atoms with Gasteiger partial charge in [-0.3, -0.25) is 4.79 Å². The number of hydrogen-bond acceptors (Lipinski definition) is 4. The number of rotatable bonds is 2. The van der Waals surface area contributed by atoms with Crippen LogP contribution in [0.3, 0.4) is 0 Å². The fourth-order valence-electron chi connectivity index (χ4n) is 3.26. The van der Waals surface area contributed by atoms with E-state index in [2.05, 4.69) is 17.4 Å². The Hall–Kier alpha value is -2.49. The third-order valence-corrected chi connectivity index (χ3v) is 4.43. The Balaban J connectivity index is 1.76. The molecule has 2 aromatic carbocycles. The van der Waals surface area contributed by atoms with Gasteiger partial charge in [0, 0.05) is 17.7 Å². The molecule has 112 valence electrons. The number of carbonyl (C=O) groups is 1. The van der Waals surface area contributed by atoms with Crippen molar-refractivity contribution in [3.8, 4) is 11.5 Å². The van der Waals surface area contributed by atoms with Gasteiger partial charge in [-0.05, 0) is 30.5 Å². The van der Waals surface area contributed by atoms with Gasteiger partial charge in [-0.15, -0.1) is 0 Å². The Kier molecular flexibility index (Phi) is 3.03. The minimum atomic E-state index is -0.0738. The van der Waals surface area contributed by atoms with Gasteiger partial charge in [0.05, 0.1) is 6.04 Å². The van der Waals surface area contributed by atoms with Gasteiger partial charge < -0.3 is 14.8 Å². The number of nitrogens with one attached hydrogen (secondary N) is 1. The van der Waals surface area contributed by atoms with E-state index in [4.69, 9.17) is 9.47 Å². The Labute approximate surface area is 129 Å². The molecule has 4 heteroatoms. The van der Waals surface area contributed by atoms with E-state index in [1.165, 1.54) is 0 Å². The van der Waals surface area contributed by atoms with Crippen LogP contribution in [0, 0.1) is 5.92 Å². The molecule has 0 spiro atoms. The van der Waals surface area contributed by atoms with Crippen molar-refractivity contribution in [1.82, 2.24) is 0 Å². The number of benzene rings is 2. The van der Waals surface area contributed by atoms with Gasteiger partial charge in [-0.1, -0.05) is 30.3 Å². The summed E-state index contributed by atoms with van der Waals surface area (Å²) in [6.45, 7) is 1.93. The average Bonchev–Trinajstić information content (AvgIpc) is 2.99. The number of hydrogen-bond donors (Lipinski definition) is 1. The highest BCUT2D eigenvalue weighted by Crippen LogP contribution is 2.43. The maximum Gasteiger partial charge on any atom is 0.231 e. The van der Waals surface area contributed by atoms with E-state index in [0.29, 0.717) is 6.42 Å². The first kappa shape index (κ1) is 13.2. The van der Waals surface area contributed by atoms with Crippen LogP contribution in [0.15, 0.2) is 42.5 Å². The van der Waals surface area contributed by atoms with Gasteiger partial charge in [0.1, 0.15) is 5.78 Å². The van der Waals surface area contributed by atoms with Crippen molar-refractivity contribution in [3.63, 3.8) is 0 Å². The summed E-state index contributed by atoms with van der Waals surface area (Å²) in [4.78, 5) is 12.1. The van der Waals surface area contributed by atoms with E-state index < -0.39 is 0 Å². The summed E-state index contributed by atoms with van der Waals surface area (Å²) in [7, 11) is 0. The molecule has 1 N–H and O–H groups in total. The van der Waals surface area contributed by atoms with Gasteiger partial charge in [0.25, 0.3) is 0 Å². The smallest absolute Gasteiger partial charge is 0.231 e. The van der Waals surface area contributed by atoms with Crippen LogP contribution >= 0.6 is 0 Å². The van der Waals surface area contributed by atoms with Gasteiger partial charge in [0.2, 0.25) is 6.79 Å². The first-order valence-corrected chi connectivity index (χ1v) is 7.47. The van der Waals surface area contributed by atoms with Gasteiger partial charge in [-0.25, -0.2) is 0 Å². The Morgan fingerprint density at radius 2 is 1.86 bits per heavy atom. The lowest BCUT2D eigenvalue weighted by Gasteiger charge is -2.34. The zero-order chi connectivity index (χ0) is 15.1. The van der Waals surface area contributed by atoms with Crippen molar-refractivity contribution in [2.45, 2.75) is 19.4 Å². The molecule has 2 aromatic rings. The van der Waals surface area contributed by atoms with Crippen LogP contribution in [0.5, 0.6) is 11.5 Å². The van der Waals surface area contributed by atoms with Crippen LogP contribution < -0.4 is 14.8 Å². The minimum absolute atomic E-state index is 0.00780. The molecule has 22 heavy (non-hydrogen) atoms. The van der Waals surface area contributed by atoms with Crippen molar-refractivity contribution < 1.29 is 14.3 Å². The standard InChI is InChI=1S/C18H17NO3/c1-11(20)14-7-13-8-16-17(22-10-21-16)9-15(13)19-18(14)12-5-3-2-4-6-12/h2-6,8-9,14,18-19H,7,10H2,1H3/t14-,18+/m1/s1. The molecule has 0 fully saturated rings. The highest BCUT2D eigenvalue weighted by molar-refractivity contribution is 5.82. The Bertz CT molecular complexity index is 727. The third kappa shape index (κ3) is 2.11. The highest BCUT2D eigenvalue weighted by Gasteiger charge is 2.33. The molecule has 4 nitrogen and oxygen atoms in total. The first-order chi connectivity index (χ1) is 10.7. The van der Waals surface area contributed by atoms with Crippen LogP contribution in [0.4, 0.5) is 5.69 Å². The Morgan fingerprint density at radius 1 is 1.14 bits per heavy atom. The van der Waals surface area contributed by atoms with Crippen molar-refractivity contribution in [1.29, 1.82) is 0 Å². The van der Waals surface area contributed by atoms with Gasteiger partial charge in [-0.2, -0.15) is 0 Å². The number of fused-ring (bicyclic) bond motifs is 2. The number of ether oxygens (including phenoxy) is 2. The maximum absolute atomic E-state index is 12.1. The highest BCUT2D eigenvalue weighted by atomic mass is 16.7. The molecule has 0 aliphatic carbocycles. The summed E-state index contributed by atoms with van der Waals surface area (Å²) in [6, 6.07) is 14.1. The molecule has 2 aliphatic heterocycles. The van der Waals surface area contributed by atoms with Gasteiger partial charge >= 0.3 is 0 Å². The number of carbonyl (C=O) groups excluding carboxylic acids is 1. The molecule has 0 aromatic heterocycles. The molecule has 4 rings (SSSR count). The quantitative estimate of drug-likeness (QED) is 0.923. The summed E-state index contributed by atoms with van der Waals surface area (Å²) in [5, 5.41) is 3.52. The molecule has 0 saturated carbocycles. The molecular weight excluding hydrogens is 278 g/mol. The maximum atomic E-state index is 12.1. The first-order valence-electron chi connectivity index (χ1n) is 7.47. The van der Waals surface area contributed by atoms with E-state index in [1.54, 1.807) is 6.92 Å². The molecule has 2 heterocycles. The van der Waals surface area contributed by atoms with E-state index in [9.17, 15) is 4.79 Å². The second-order valence-electron chi connectivity index (χ2n) is 5.82. The molecule has 0 saturated heterocycles. The number of Topliss-reactive ketones (excluding diaryl/α,β-unsaturated/α-hetero) is 1. The summed E-state index contributed by atoms with van der Waals surface area (Å²) in [5.74, 6) is 1.65. The minimum Gasteiger partial charge on any atom is -0.454 e. The largest absolute Gasteiger partial charge is 0.454 e. The predicted octanol–water partition coefficient (Wildman–Crippen LogP) is 3.33. The van der Waals surface area contributed by atoms with E-state index in [0.717, 1.165) is 28.3 Å². The van der Waals surface area contributed by atoms with Crippen LogP contribution in [-0.2, 0) is 11.2 Å². The van der Waals surface area contributed by atoms with Crippen molar-refractivity contribution in [2.24, 2.45) is 5.92 Å². The third-order valence-electron chi connectivity index (χ3n) is 4.43. The summed E-state index contributed by atoms with van der Waals surface area (Å²) < 4.78 is 10.9. The second kappa shape index (κ2) is 5.05. The molecule has 0 bridgehead atoms. The van der Waals surface area contributed by atoms with Crippen LogP contribution in [0.25, 0.3) is 0 Å². The molecule has 0 radical (unpaired) electrons. The lowest BCUT2D eigenvalue weighted by atomic mass is 9.81. The van der Waals surface area contributed by atoms with Crippen LogP contribution in [-0.4, -0.2) is 12.6 Å². The summed E-state index contributed by atoms with van der Waals surface area (Å²) in [6.07, 6.45) is 0.716. The van der Waals surface area contributed by atoms with Crippen molar-refractivity contribution in [2.75, 3.05) is 12.1 Å². The fraction of sp³-hybridized carbons (Fsp3) is 0.278. The summed E-state index contributed by atoms with van der Waals surface area (Å²) in [5.41, 5.74) is 3.26.